The SMILES string of the molecule is CCC(C)(CN)C(=O)N(C)c1ccc(C)cc1C. The van der Waals surface area contributed by atoms with Crippen molar-refractivity contribution in [3.05, 3.63) is 29.3 Å². The summed E-state index contributed by atoms with van der Waals surface area (Å²) in [5, 5.41) is 0. The lowest BCUT2D eigenvalue weighted by molar-refractivity contribution is -0.126. The summed E-state index contributed by atoms with van der Waals surface area (Å²) in [6.45, 7) is 8.38. The molecule has 0 spiro atoms. The number of nitrogens with zero attached hydrogens (tertiary/aromatic N) is 1. The molecule has 1 amide bonds. The molecule has 3 nitrogen and oxygen atoms in total. The average molecular weight is 248 g/mol. The number of carbonyl (C=O) groups is 1. The van der Waals surface area contributed by atoms with Crippen LogP contribution >= 0.6 is 0 Å². The van der Waals surface area contributed by atoms with Gasteiger partial charge in [-0.1, -0.05) is 24.6 Å². The molecular formula is C15H24N2O. The normalized spacial score (nSPS) is 14.1. The van der Waals surface area contributed by atoms with Crippen LogP contribution in [0.1, 0.15) is 31.4 Å². The van der Waals surface area contributed by atoms with E-state index in [1.807, 2.05) is 40.0 Å². The van der Waals surface area contributed by atoms with Crippen molar-refractivity contribution in [2.24, 2.45) is 11.1 Å². The van der Waals surface area contributed by atoms with Crippen molar-refractivity contribution in [2.75, 3.05) is 18.5 Å². The number of hydrogen-bond donors (Lipinski definition) is 1. The minimum atomic E-state index is -0.480. The monoisotopic (exact) mass is 248 g/mol. The summed E-state index contributed by atoms with van der Waals surface area (Å²) in [4.78, 5) is 14.2. The number of aryl methyl sites for hydroxylation is 2. The number of amides is 1. The molecule has 18 heavy (non-hydrogen) atoms. The summed E-state index contributed by atoms with van der Waals surface area (Å²) >= 11 is 0. The number of carbonyl (C=O) groups excluding carboxylic acids is 1. The zero-order chi connectivity index (χ0) is 13.9. The maximum absolute atomic E-state index is 12.5. The number of benzene rings is 1. The summed E-state index contributed by atoms with van der Waals surface area (Å²) in [6, 6.07) is 6.11. The second-order valence-electron chi connectivity index (χ2n) is 5.27. The first-order valence-corrected chi connectivity index (χ1v) is 6.41. The molecule has 0 aliphatic heterocycles. The van der Waals surface area contributed by atoms with E-state index in [1.54, 1.807) is 4.90 Å². The predicted octanol–water partition coefficient (Wildman–Crippen LogP) is 2.64. The number of nitrogens with two attached hydrogens (primary N) is 1. The van der Waals surface area contributed by atoms with Crippen molar-refractivity contribution in [1.82, 2.24) is 0 Å². The summed E-state index contributed by atoms with van der Waals surface area (Å²) in [5.41, 5.74) is 8.54. The Morgan fingerprint density at radius 2 is 2.00 bits per heavy atom. The molecule has 2 N–H and O–H groups in total. The van der Waals surface area contributed by atoms with Gasteiger partial charge >= 0.3 is 0 Å². The fraction of sp³-hybridized carbons (Fsp3) is 0.533. The van der Waals surface area contributed by atoms with Crippen LogP contribution in [0.25, 0.3) is 0 Å². The molecule has 0 aliphatic rings. The molecular weight excluding hydrogens is 224 g/mol. The van der Waals surface area contributed by atoms with Crippen LogP contribution in [0.5, 0.6) is 0 Å². The lowest BCUT2D eigenvalue weighted by Gasteiger charge is -2.31. The number of rotatable bonds is 4. The second kappa shape index (κ2) is 5.53. The maximum Gasteiger partial charge on any atom is 0.233 e. The summed E-state index contributed by atoms with van der Waals surface area (Å²) < 4.78 is 0. The van der Waals surface area contributed by atoms with Gasteiger partial charge in [-0.3, -0.25) is 4.79 Å². The van der Waals surface area contributed by atoms with Crippen molar-refractivity contribution in [2.45, 2.75) is 34.1 Å². The summed E-state index contributed by atoms with van der Waals surface area (Å²) in [5.74, 6) is 0.0828. The van der Waals surface area contributed by atoms with Gasteiger partial charge in [0.25, 0.3) is 0 Å². The second-order valence-corrected chi connectivity index (χ2v) is 5.27. The van der Waals surface area contributed by atoms with E-state index in [2.05, 4.69) is 13.0 Å². The average Bonchev–Trinajstić information content (AvgIpc) is 2.36. The molecule has 1 rings (SSSR count). The zero-order valence-electron chi connectivity index (χ0n) is 12.1. The fourth-order valence-electron chi connectivity index (χ4n) is 2.08. The highest BCUT2D eigenvalue weighted by atomic mass is 16.2. The first-order valence-electron chi connectivity index (χ1n) is 6.41. The molecule has 0 radical (unpaired) electrons. The Morgan fingerprint density at radius 1 is 1.39 bits per heavy atom. The van der Waals surface area contributed by atoms with Gasteiger partial charge in [0, 0.05) is 19.3 Å². The van der Waals surface area contributed by atoms with E-state index in [9.17, 15) is 4.79 Å². The predicted molar refractivity (Wildman–Crippen MR) is 76.8 cm³/mol. The highest BCUT2D eigenvalue weighted by molar-refractivity contribution is 5.97. The van der Waals surface area contributed by atoms with Gasteiger partial charge in [-0.15, -0.1) is 0 Å². The minimum absolute atomic E-state index is 0.0828. The minimum Gasteiger partial charge on any atom is -0.329 e. The van der Waals surface area contributed by atoms with Crippen molar-refractivity contribution >= 4 is 11.6 Å². The van der Waals surface area contributed by atoms with Gasteiger partial charge in [0.05, 0.1) is 5.41 Å². The first kappa shape index (κ1) is 14.7. The van der Waals surface area contributed by atoms with Crippen LogP contribution in [0, 0.1) is 19.3 Å². The largest absolute Gasteiger partial charge is 0.329 e. The van der Waals surface area contributed by atoms with E-state index in [1.165, 1.54) is 5.56 Å². The van der Waals surface area contributed by atoms with Gasteiger partial charge in [0.15, 0.2) is 0 Å². The third-order valence-corrected chi connectivity index (χ3v) is 3.77. The van der Waals surface area contributed by atoms with Gasteiger partial charge in [-0.25, -0.2) is 0 Å². The topological polar surface area (TPSA) is 46.3 Å². The van der Waals surface area contributed by atoms with E-state index in [0.717, 1.165) is 17.7 Å². The Bertz CT molecular complexity index is 436. The van der Waals surface area contributed by atoms with E-state index in [-0.39, 0.29) is 5.91 Å². The van der Waals surface area contributed by atoms with Gasteiger partial charge < -0.3 is 10.6 Å². The highest BCUT2D eigenvalue weighted by Crippen LogP contribution is 2.27. The summed E-state index contributed by atoms with van der Waals surface area (Å²) in [6.07, 6.45) is 0.748. The van der Waals surface area contributed by atoms with Crippen molar-refractivity contribution in [3.63, 3.8) is 0 Å². The van der Waals surface area contributed by atoms with Gasteiger partial charge in [-0.05, 0) is 38.8 Å². The molecule has 3 heteroatoms. The van der Waals surface area contributed by atoms with Gasteiger partial charge in [0.1, 0.15) is 0 Å². The molecule has 100 valence electrons. The Balaban J connectivity index is 3.07. The maximum atomic E-state index is 12.5. The molecule has 0 heterocycles. The standard InChI is InChI=1S/C15H24N2O/c1-6-15(4,10-16)14(18)17(5)13-8-7-11(2)9-12(13)3/h7-9H,6,10,16H2,1-5H3. The van der Waals surface area contributed by atoms with E-state index < -0.39 is 5.41 Å². The highest BCUT2D eigenvalue weighted by Gasteiger charge is 2.33. The molecule has 0 saturated carbocycles. The van der Waals surface area contributed by atoms with Crippen molar-refractivity contribution < 1.29 is 4.79 Å². The third kappa shape index (κ3) is 2.72. The fourth-order valence-corrected chi connectivity index (χ4v) is 2.08. The Kier molecular flexibility index (Phi) is 4.52. The smallest absolute Gasteiger partial charge is 0.233 e. The van der Waals surface area contributed by atoms with Crippen LogP contribution in [0.2, 0.25) is 0 Å². The Hall–Kier alpha value is -1.35. The van der Waals surface area contributed by atoms with Crippen LogP contribution in [0.3, 0.4) is 0 Å². The van der Waals surface area contributed by atoms with Crippen LogP contribution in [0.4, 0.5) is 5.69 Å². The van der Waals surface area contributed by atoms with Gasteiger partial charge in [-0.2, -0.15) is 0 Å². The molecule has 1 aromatic carbocycles. The van der Waals surface area contributed by atoms with E-state index in [0.29, 0.717) is 6.54 Å². The molecule has 0 aromatic heterocycles. The molecule has 0 aliphatic carbocycles. The van der Waals surface area contributed by atoms with Crippen LogP contribution in [-0.2, 0) is 4.79 Å². The van der Waals surface area contributed by atoms with Crippen molar-refractivity contribution in [1.29, 1.82) is 0 Å². The Labute approximate surface area is 110 Å². The molecule has 0 bridgehead atoms. The lowest BCUT2D eigenvalue weighted by Crippen LogP contribution is -2.44. The first-order chi connectivity index (χ1) is 8.35. The van der Waals surface area contributed by atoms with Crippen molar-refractivity contribution in [3.8, 4) is 0 Å². The zero-order valence-corrected chi connectivity index (χ0v) is 12.1. The number of anilines is 1. The van der Waals surface area contributed by atoms with Gasteiger partial charge in [0.2, 0.25) is 5.91 Å². The van der Waals surface area contributed by atoms with E-state index >= 15 is 0 Å². The third-order valence-electron chi connectivity index (χ3n) is 3.77. The Morgan fingerprint density at radius 3 is 2.44 bits per heavy atom. The summed E-state index contributed by atoms with van der Waals surface area (Å²) in [7, 11) is 1.82. The van der Waals surface area contributed by atoms with Crippen LogP contribution < -0.4 is 10.6 Å². The lowest BCUT2D eigenvalue weighted by atomic mass is 9.86. The van der Waals surface area contributed by atoms with E-state index in [4.69, 9.17) is 5.73 Å². The quantitative estimate of drug-likeness (QED) is 0.890. The number of hydrogen-bond acceptors (Lipinski definition) is 2. The molecule has 0 fully saturated rings. The molecule has 1 aromatic rings. The van der Waals surface area contributed by atoms with Crippen LogP contribution in [-0.4, -0.2) is 19.5 Å². The molecule has 1 atom stereocenters. The molecule has 0 saturated heterocycles. The van der Waals surface area contributed by atoms with Crippen LogP contribution in [0.15, 0.2) is 18.2 Å². The molecule has 1 unspecified atom stereocenters.